The molecule has 1 fully saturated rings. The van der Waals surface area contributed by atoms with Crippen molar-refractivity contribution < 1.29 is 14.9 Å². The van der Waals surface area contributed by atoms with Gasteiger partial charge in [0, 0.05) is 11.8 Å². The van der Waals surface area contributed by atoms with Gasteiger partial charge < -0.3 is 26.0 Å². The summed E-state index contributed by atoms with van der Waals surface area (Å²) in [6, 6.07) is 11.4. The van der Waals surface area contributed by atoms with Crippen LogP contribution < -0.4 is 16.6 Å². The maximum absolute atomic E-state index is 12.6. The number of anilines is 3. The van der Waals surface area contributed by atoms with Crippen LogP contribution in [-0.4, -0.2) is 48.5 Å². The number of aliphatic hydroxyl groups excluding tert-OH is 2. The van der Waals surface area contributed by atoms with Gasteiger partial charge in [-0.05, 0) is 11.5 Å². The predicted octanol–water partition coefficient (Wildman–Crippen LogP) is 1.24. The molecular weight excluding hydrogens is 388 g/mol. The van der Waals surface area contributed by atoms with Crippen LogP contribution in [0, 0.1) is 0 Å². The third-order valence-corrected chi connectivity index (χ3v) is 5.33. The maximum atomic E-state index is 12.6. The predicted molar refractivity (Wildman–Crippen MR) is 111 cm³/mol. The minimum atomic E-state index is -0.812. The van der Waals surface area contributed by atoms with Crippen LogP contribution in [-0.2, 0) is 4.74 Å². The van der Waals surface area contributed by atoms with Gasteiger partial charge in [-0.1, -0.05) is 30.3 Å². The Morgan fingerprint density at radius 3 is 2.93 bits per heavy atom. The van der Waals surface area contributed by atoms with Crippen molar-refractivity contribution in [2.45, 2.75) is 24.9 Å². The van der Waals surface area contributed by atoms with Crippen molar-refractivity contribution in [3.63, 3.8) is 0 Å². The molecule has 0 amide bonds. The topological polar surface area (TPSA) is 151 Å². The van der Waals surface area contributed by atoms with Crippen LogP contribution in [0.25, 0.3) is 21.9 Å². The van der Waals surface area contributed by atoms with Crippen molar-refractivity contribution in [3.8, 4) is 0 Å². The second kappa shape index (κ2) is 7.10. The van der Waals surface area contributed by atoms with Gasteiger partial charge in [-0.2, -0.15) is 4.98 Å². The molecule has 3 heterocycles. The van der Waals surface area contributed by atoms with Crippen LogP contribution in [0.1, 0.15) is 12.6 Å². The fraction of sp³-hybridized carbons (Fsp3) is 0.250. The highest BCUT2D eigenvalue weighted by Crippen LogP contribution is 2.32. The number of aromatic nitrogens is 4. The van der Waals surface area contributed by atoms with Crippen LogP contribution in [0.4, 0.5) is 17.3 Å². The first-order chi connectivity index (χ1) is 14.5. The third-order valence-electron chi connectivity index (χ3n) is 5.33. The number of rotatable bonds is 4. The van der Waals surface area contributed by atoms with Crippen LogP contribution in [0.15, 0.2) is 47.5 Å². The van der Waals surface area contributed by atoms with E-state index in [-0.39, 0.29) is 24.5 Å². The fourth-order valence-corrected chi connectivity index (χ4v) is 3.79. The normalized spacial score (nSPS) is 21.5. The Morgan fingerprint density at radius 2 is 2.13 bits per heavy atom. The summed E-state index contributed by atoms with van der Waals surface area (Å²) >= 11 is 0. The smallest absolute Gasteiger partial charge is 0.280 e. The highest BCUT2D eigenvalue weighted by molar-refractivity contribution is 6.00. The second-order valence-corrected chi connectivity index (χ2v) is 7.23. The molecule has 1 aliphatic rings. The number of aliphatic hydroxyl groups is 2. The quantitative estimate of drug-likeness (QED) is 0.316. The number of H-pyrrole nitrogens is 1. The maximum Gasteiger partial charge on any atom is 0.280 e. The molecule has 30 heavy (non-hydrogen) atoms. The number of nitrogens with one attached hydrogen (secondary N) is 2. The average Bonchev–Trinajstić information content (AvgIpc) is 3.33. The summed E-state index contributed by atoms with van der Waals surface area (Å²) in [5.74, 6) is 0.203. The van der Waals surface area contributed by atoms with E-state index in [0.29, 0.717) is 17.0 Å². The monoisotopic (exact) mass is 408 g/mol. The van der Waals surface area contributed by atoms with Gasteiger partial charge in [-0.25, -0.2) is 4.98 Å². The van der Waals surface area contributed by atoms with Gasteiger partial charge in [0.2, 0.25) is 5.95 Å². The van der Waals surface area contributed by atoms with Gasteiger partial charge in [0.15, 0.2) is 11.2 Å². The van der Waals surface area contributed by atoms with E-state index in [1.54, 1.807) is 10.6 Å². The number of fused-ring (bicyclic) bond motifs is 2. The van der Waals surface area contributed by atoms with Crippen molar-refractivity contribution in [2.24, 2.45) is 0 Å². The van der Waals surface area contributed by atoms with Gasteiger partial charge >= 0.3 is 0 Å². The molecule has 154 valence electrons. The lowest BCUT2D eigenvalue weighted by molar-refractivity contribution is -0.0432. The summed E-state index contributed by atoms with van der Waals surface area (Å²) in [4.78, 5) is 23.9. The van der Waals surface area contributed by atoms with Crippen LogP contribution in [0.5, 0.6) is 0 Å². The first kappa shape index (κ1) is 18.6. The van der Waals surface area contributed by atoms with E-state index in [9.17, 15) is 15.0 Å². The molecule has 0 spiro atoms. The summed E-state index contributed by atoms with van der Waals surface area (Å²) in [5, 5.41) is 24.4. The van der Waals surface area contributed by atoms with Gasteiger partial charge in [0.1, 0.15) is 12.3 Å². The zero-order chi connectivity index (χ0) is 20.8. The third kappa shape index (κ3) is 2.98. The van der Waals surface area contributed by atoms with Crippen molar-refractivity contribution in [2.75, 3.05) is 17.7 Å². The van der Waals surface area contributed by atoms with E-state index in [0.717, 1.165) is 10.8 Å². The van der Waals surface area contributed by atoms with E-state index in [2.05, 4.69) is 20.3 Å². The lowest BCUT2D eigenvalue weighted by Gasteiger charge is -2.15. The summed E-state index contributed by atoms with van der Waals surface area (Å²) in [6.45, 7) is -0.300. The summed E-state index contributed by atoms with van der Waals surface area (Å²) < 4.78 is 7.26. The minimum absolute atomic E-state index is 0.150. The van der Waals surface area contributed by atoms with E-state index < -0.39 is 24.0 Å². The Labute approximate surface area is 170 Å². The zero-order valence-electron chi connectivity index (χ0n) is 15.8. The van der Waals surface area contributed by atoms with Crippen LogP contribution in [0.2, 0.25) is 0 Å². The molecule has 10 heteroatoms. The first-order valence-corrected chi connectivity index (χ1v) is 9.50. The standard InChI is InChI=1S/C20H20N6O4/c21-12-6-5-10-3-1-2-4-11(10)16(12)23-20-24-18-17(19(29)25-20)22-9-26(18)15-7-13(28)14(8-27)30-15/h1-6,9,13-15,27-28H,7-8,21H2,(H2,23,24,25,29)/t13-,14+,15+/m1/s1. The minimum Gasteiger partial charge on any atom is -0.397 e. The molecule has 6 N–H and O–H groups in total. The molecule has 1 aliphatic heterocycles. The average molecular weight is 408 g/mol. The Bertz CT molecular complexity index is 1300. The number of hydrogen-bond acceptors (Lipinski definition) is 8. The van der Waals surface area contributed by atoms with E-state index in [1.165, 1.54) is 6.33 Å². The molecule has 4 aromatic rings. The number of aromatic amines is 1. The molecule has 1 saturated heterocycles. The lowest BCUT2D eigenvalue weighted by atomic mass is 10.1. The summed E-state index contributed by atoms with van der Waals surface area (Å²) in [7, 11) is 0. The molecule has 0 unspecified atom stereocenters. The van der Waals surface area contributed by atoms with Gasteiger partial charge in [0.05, 0.1) is 30.4 Å². The number of nitrogens with zero attached hydrogens (tertiary/aromatic N) is 3. The molecule has 5 rings (SSSR count). The number of hydrogen-bond donors (Lipinski definition) is 5. The Hall–Kier alpha value is -3.47. The molecule has 3 atom stereocenters. The van der Waals surface area contributed by atoms with Crippen LogP contribution >= 0.6 is 0 Å². The van der Waals surface area contributed by atoms with Gasteiger partial charge in [0.25, 0.3) is 5.56 Å². The summed E-state index contributed by atoms with van der Waals surface area (Å²) in [6.07, 6.45) is -0.397. The number of nitrogen functional groups attached to an aromatic ring is 1. The largest absolute Gasteiger partial charge is 0.397 e. The number of nitrogens with two attached hydrogens (primary N) is 1. The molecule has 0 radical (unpaired) electrons. The highest BCUT2D eigenvalue weighted by atomic mass is 16.5. The number of ether oxygens (including phenoxy) is 1. The van der Waals surface area contributed by atoms with E-state index in [4.69, 9.17) is 10.5 Å². The number of imidazole rings is 1. The van der Waals surface area contributed by atoms with E-state index >= 15 is 0 Å². The van der Waals surface area contributed by atoms with Crippen molar-refractivity contribution in [1.82, 2.24) is 19.5 Å². The van der Waals surface area contributed by atoms with Crippen molar-refractivity contribution >= 4 is 39.3 Å². The lowest BCUT2D eigenvalue weighted by Crippen LogP contribution is -2.24. The molecule has 0 saturated carbocycles. The molecular formula is C20H20N6O4. The summed E-state index contributed by atoms with van der Waals surface area (Å²) in [5.41, 5.74) is 7.35. The Morgan fingerprint density at radius 1 is 1.30 bits per heavy atom. The second-order valence-electron chi connectivity index (χ2n) is 7.23. The molecule has 2 aromatic heterocycles. The van der Waals surface area contributed by atoms with Crippen molar-refractivity contribution in [3.05, 3.63) is 53.1 Å². The Kier molecular flexibility index (Phi) is 4.39. The van der Waals surface area contributed by atoms with Gasteiger partial charge in [-0.15, -0.1) is 0 Å². The van der Waals surface area contributed by atoms with Gasteiger partial charge in [-0.3, -0.25) is 14.3 Å². The SMILES string of the molecule is Nc1ccc2ccccc2c1Nc1nc2c(ncn2[C@@H]2C[C@@H](O)[C@H](CO)O2)c(=O)[nH]1. The zero-order valence-corrected chi connectivity index (χ0v) is 15.8. The van der Waals surface area contributed by atoms with Crippen LogP contribution in [0.3, 0.4) is 0 Å². The molecule has 0 bridgehead atoms. The fourth-order valence-electron chi connectivity index (χ4n) is 3.79. The highest BCUT2D eigenvalue weighted by Gasteiger charge is 2.35. The molecule has 0 aliphatic carbocycles. The van der Waals surface area contributed by atoms with Crippen molar-refractivity contribution in [1.29, 1.82) is 0 Å². The molecule has 10 nitrogen and oxygen atoms in total. The molecule has 2 aromatic carbocycles. The first-order valence-electron chi connectivity index (χ1n) is 9.50. The number of benzene rings is 2. The van der Waals surface area contributed by atoms with E-state index in [1.807, 2.05) is 30.3 Å². The Balaban J connectivity index is 1.57.